The third-order valence-electron chi connectivity index (χ3n) is 3.58. The molecule has 0 saturated carbocycles. The van der Waals surface area contributed by atoms with E-state index in [0.29, 0.717) is 6.07 Å². The van der Waals surface area contributed by atoms with E-state index in [0.717, 1.165) is 34.6 Å². The van der Waals surface area contributed by atoms with Crippen molar-refractivity contribution in [1.82, 2.24) is 4.31 Å². The summed E-state index contributed by atoms with van der Waals surface area (Å²) in [5, 5.41) is 11.3. The molecule has 2 rings (SSSR count). The molecule has 0 aliphatic rings. The van der Waals surface area contributed by atoms with Gasteiger partial charge in [-0.2, -0.15) is 4.31 Å². The summed E-state index contributed by atoms with van der Waals surface area (Å²) in [4.78, 5) is 10.2. The van der Waals surface area contributed by atoms with Gasteiger partial charge in [-0.05, 0) is 24.3 Å². The summed E-state index contributed by atoms with van der Waals surface area (Å²) in [6.07, 6.45) is 0. The lowest BCUT2D eigenvalue weighted by Crippen LogP contribution is -2.30. The quantitative estimate of drug-likeness (QED) is 0.535. The molecule has 0 fully saturated rings. The molecule has 2 aromatic carbocycles. The fraction of sp³-hybridized carbons (Fsp3) is 0.250. The number of benzene rings is 2. The Morgan fingerprint density at radius 1 is 1.08 bits per heavy atom. The maximum atomic E-state index is 13.7. The molecule has 0 atom stereocenters. The van der Waals surface area contributed by atoms with Gasteiger partial charge in [0.15, 0.2) is 11.6 Å². The summed E-state index contributed by atoms with van der Waals surface area (Å²) in [6.45, 7) is 3.69. The molecule has 0 aliphatic carbocycles. The molecule has 0 spiro atoms. The summed E-state index contributed by atoms with van der Waals surface area (Å²) in [6, 6.07) is 5.54. The topological polar surface area (TPSA) is 89.8 Å². The van der Waals surface area contributed by atoms with Crippen LogP contribution in [-0.2, 0) is 10.0 Å². The third kappa shape index (κ3) is 3.97. The number of ether oxygens (including phenoxy) is 1. The Balaban J connectivity index is 2.48. The van der Waals surface area contributed by atoms with Gasteiger partial charge >= 0.3 is 5.69 Å². The van der Waals surface area contributed by atoms with Crippen LogP contribution in [0.2, 0.25) is 0 Å². The molecule has 0 amide bonds. The molecule has 26 heavy (non-hydrogen) atoms. The Morgan fingerprint density at radius 2 is 1.69 bits per heavy atom. The van der Waals surface area contributed by atoms with Crippen molar-refractivity contribution >= 4 is 15.7 Å². The first-order chi connectivity index (χ1) is 12.2. The minimum absolute atomic E-state index is 0.200. The molecular weight excluding hydrogens is 370 g/mol. The van der Waals surface area contributed by atoms with Crippen LogP contribution in [0.3, 0.4) is 0 Å². The number of sulfonamides is 1. The molecule has 140 valence electrons. The smallest absolute Gasteiger partial charge is 0.312 e. The van der Waals surface area contributed by atoms with Gasteiger partial charge in [0.05, 0.1) is 9.82 Å². The number of rotatable bonds is 7. The normalized spacial score (nSPS) is 11.6. The molecule has 10 heteroatoms. The van der Waals surface area contributed by atoms with E-state index < -0.39 is 38.0 Å². The average Bonchev–Trinajstić information content (AvgIpc) is 2.58. The molecule has 0 unspecified atom stereocenters. The molecule has 0 saturated heterocycles. The number of hydrogen-bond acceptors (Lipinski definition) is 5. The van der Waals surface area contributed by atoms with Crippen molar-refractivity contribution < 1.29 is 26.9 Å². The van der Waals surface area contributed by atoms with Crippen molar-refractivity contribution in [3.05, 3.63) is 58.1 Å². The second-order valence-electron chi connectivity index (χ2n) is 5.15. The molecule has 0 N–H and O–H groups in total. The van der Waals surface area contributed by atoms with E-state index in [9.17, 15) is 27.3 Å². The molecule has 0 bridgehead atoms. The van der Waals surface area contributed by atoms with Crippen molar-refractivity contribution in [1.29, 1.82) is 0 Å². The first-order valence-corrected chi connectivity index (χ1v) is 9.06. The monoisotopic (exact) mass is 386 g/mol. The van der Waals surface area contributed by atoms with E-state index >= 15 is 0 Å². The van der Waals surface area contributed by atoms with E-state index in [4.69, 9.17) is 4.74 Å². The van der Waals surface area contributed by atoms with E-state index in [1.54, 1.807) is 13.8 Å². The number of nitro benzene ring substituents is 1. The van der Waals surface area contributed by atoms with Gasteiger partial charge in [0.2, 0.25) is 15.8 Å². The van der Waals surface area contributed by atoms with Gasteiger partial charge in [0.1, 0.15) is 5.82 Å². The van der Waals surface area contributed by atoms with Gasteiger partial charge < -0.3 is 4.74 Å². The molecule has 2 aromatic rings. The molecular formula is C16H16F2N2O5S. The van der Waals surface area contributed by atoms with E-state index in [1.807, 2.05) is 0 Å². The van der Waals surface area contributed by atoms with Crippen LogP contribution in [0, 0.1) is 21.7 Å². The first kappa shape index (κ1) is 19.7. The van der Waals surface area contributed by atoms with Crippen LogP contribution in [0.25, 0.3) is 0 Å². The van der Waals surface area contributed by atoms with Crippen LogP contribution in [0.1, 0.15) is 13.8 Å². The van der Waals surface area contributed by atoms with Crippen molar-refractivity contribution in [3.63, 3.8) is 0 Å². The zero-order valence-corrected chi connectivity index (χ0v) is 14.8. The summed E-state index contributed by atoms with van der Waals surface area (Å²) in [5.74, 6) is -2.66. The van der Waals surface area contributed by atoms with Gasteiger partial charge in [-0.25, -0.2) is 17.2 Å². The Hall–Kier alpha value is -2.59. The highest BCUT2D eigenvalue weighted by Gasteiger charge is 2.26. The fourth-order valence-corrected chi connectivity index (χ4v) is 3.75. The van der Waals surface area contributed by atoms with Crippen molar-refractivity contribution in [2.75, 3.05) is 13.1 Å². The Kier molecular flexibility index (Phi) is 5.88. The molecule has 0 heterocycles. The number of nitro groups is 1. The predicted octanol–water partition coefficient (Wildman–Crippen LogP) is 3.70. The average molecular weight is 386 g/mol. The molecule has 7 nitrogen and oxygen atoms in total. The Bertz CT molecular complexity index is 930. The second kappa shape index (κ2) is 7.75. The SMILES string of the molecule is CCN(CC)S(=O)(=O)c1ccc(Oc2ccc(F)cc2F)c([N+](=O)[O-])c1. The van der Waals surface area contributed by atoms with Crippen molar-refractivity contribution in [3.8, 4) is 11.5 Å². The van der Waals surface area contributed by atoms with Crippen molar-refractivity contribution in [2.45, 2.75) is 18.7 Å². The van der Waals surface area contributed by atoms with Crippen LogP contribution in [0.5, 0.6) is 11.5 Å². The standard InChI is InChI=1S/C16H16F2N2O5S/c1-3-19(4-2)26(23,24)12-6-8-16(14(10-12)20(21)22)25-15-7-5-11(17)9-13(15)18/h5-10H,3-4H2,1-2H3. The summed E-state index contributed by atoms with van der Waals surface area (Å²) < 4.78 is 57.9. The summed E-state index contributed by atoms with van der Waals surface area (Å²) in [5.41, 5.74) is -0.651. The number of halogens is 2. The fourth-order valence-electron chi connectivity index (χ4n) is 2.28. The summed E-state index contributed by atoms with van der Waals surface area (Å²) >= 11 is 0. The first-order valence-electron chi connectivity index (χ1n) is 7.62. The Labute approximate surface area is 149 Å². The lowest BCUT2D eigenvalue weighted by molar-refractivity contribution is -0.385. The van der Waals surface area contributed by atoms with E-state index in [2.05, 4.69) is 0 Å². The Morgan fingerprint density at radius 3 is 2.23 bits per heavy atom. The van der Waals surface area contributed by atoms with Gasteiger partial charge in [-0.1, -0.05) is 13.8 Å². The van der Waals surface area contributed by atoms with Crippen LogP contribution in [-0.4, -0.2) is 30.7 Å². The lowest BCUT2D eigenvalue weighted by Gasteiger charge is -2.18. The zero-order chi connectivity index (χ0) is 19.5. The van der Waals surface area contributed by atoms with Gasteiger partial charge in [-0.3, -0.25) is 10.1 Å². The predicted molar refractivity (Wildman–Crippen MR) is 89.6 cm³/mol. The van der Waals surface area contributed by atoms with Gasteiger partial charge in [0, 0.05) is 25.2 Å². The highest BCUT2D eigenvalue weighted by molar-refractivity contribution is 7.89. The van der Waals surface area contributed by atoms with Crippen LogP contribution in [0.4, 0.5) is 14.5 Å². The minimum Gasteiger partial charge on any atom is -0.447 e. The van der Waals surface area contributed by atoms with Crippen molar-refractivity contribution in [2.24, 2.45) is 0 Å². The summed E-state index contributed by atoms with van der Waals surface area (Å²) in [7, 11) is -3.91. The third-order valence-corrected chi connectivity index (χ3v) is 5.63. The molecule has 0 aromatic heterocycles. The second-order valence-corrected chi connectivity index (χ2v) is 7.09. The molecule has 0 radical (unpaired) electrons. The number of nitrogens with zero attached hydrogens (tertiary/aromatic N) is 2. The van der Waals surface area contributed by atoms with E-state index in [1.165, 1.54) is 0 Å². The van der Waals surface area contributed by atoms with Gasteiger partial charge in [0.25, 0.3) is 0 Å². The zero-order valence-electron chi connectivity index (χ0n) is 14.0. The lowest BCUT2D eigenvalue weighted by atomic mass is 10.3. The maximum Gasteiger partial charge on any atom is 0.312 e. The minimum atomic E-state index is -3.91. The van der Waals surface area contributed by atoms with Crippen LogP contribution < -0.4 is 4.74 Å². The van der Waals surface area contributed by atoms with E-state index in [-0.39, 0.29) is 23.7 Å². The maximum absolute atomic E-state index is 13.7. The highest BCUT2D eigenvalue weighted by atomic mass is 32.2. The van der Waals surface area contributed by atoms with Gasteiger partial charge in [-0.15, -0.1) is 0 Å². The largest absolute Gasteiger partial charge is 0.447 e. The number of hydrogen-bond donors (Lipinski definition) is 0. The van der Waals surface area contributed by atoms with Crippen LogP contribution in [0.15, 0.2) is 41.3 Å². The van der Waals surface area contributed by atoms with Crippen LogP contribution >= 0.6 is 0 Å². The highest BCUT2D eigenvalue weighted by Crippen LogP contribution is 2.35. The molecule has 0 aliphatic heterocycles.